The lowest BCUT2D eigenvalue weighted by molar-refractivity contribution is -0.121. The molecule has 1 fully saturated rings. The van der Waals surface area contributed by atoms with Gasteiger partial charge >= 0.3 is 6.03 Å². The average Bonchev–Trinajstić information content (AvgIpc) is 2.90. The Morgan fingerprint density at radius 3 is 2.73 bits per heavy atom. The standard InChI is InChI=1S/C14H26N4O4/c1-3-4-5-6-17(7-8-19)14(21)18-10-11(16-22-2)9-12(18)13(15)20/h12,19H,3-10H2,1-2H3,(H2,15,20)/b16-11+. The van der Waals surface area contributed by atoms with E-state index >= 15 is 0 Å². The second kappa shape index (κ2) is 9.24. The molecular weight excluding hydrogens is 288 g/mol. The van der Waals surface area contributed by atoms with Gasteiger partial charge < -0.3 is 25.5 Å². The molecule has 126 valence electrons. The number of nitrogens with zero attached hydrogens (tertiary/aromatic N) is 3. The molecule has 0 saturated carbocycles. The number of likely N-dealkylation sites (tertiary alicyclic amines) is 1. The summed E-state index contributed by atoms with van der Waals surface area (Å²) in [4.78, 5) is 31.9. The minimum Gasteiger partial charge on any atom is -0.399 e. The van der Waals surface area contributed by atoms with Crippen molar-refractivity contribution in [3.8, 4) is 0 Å². The van der Waals surface area contributed by atoms with Crippen LogP contribution < -0.4 is 5.73 Å². The summed E-state index contributed by atoms with van der Waals surface area (Å²) >= 11 is 0. The number of hydrogen-bond acceptors (Lipinski definition) is 5. The van der Waals surface area contributed by atoms with E-state index in [1.54, 1.807) is 4.90 Å². The lowest BCUT2D eigenvalue weighted by Crippen LogP contribution is -2.50. The largest absolute Gasteiger partial charge is 0.399 e. The average molecular weight is 314 g/mol. The van der Waals surface area contributed by atoms with Gasteiger partial charge in [-0.2, -0.15) is 0 Å². The predicted octanol–water partition coefficient (Wildman–Crippen LogP) is 0.153. The molecule has 0 bridgehead atoms. The lowest BCUT2D eigenvalue weighted by Gasteiger charge is -2.30. The van der Waals surface area contributed by atoms with Gasteiger partial charge in [0.15, 0.2) is 0 Å². The van der Waals surface area contributed by atoms with Crippen LogP contribution >= 0.6 is 0 Å². The lowest BCUT2D eigenvalue weighted by atomic mass is 10.2. The van der Waals surface area contributed by atoms with E-state index in [0.717, 1.165) is 19.3 Å². The van der Waals surface area contributed by atoms with Gasteiger partial charge in [0.05, 0.1) is 18.9 Å². The number of rotatable bonds is 8. The van der Waals surface area contributed by atoms with Crippen LogP contribution in [0, 0.1) is 0 Å². The molecule has 0 aromatic heterocycles. The SMILES string of the molecule is CCCCCN(CCO)C(=O)N1C/C(=N/OC)CC1C(N)=O. The molecule has 1 unspecified atom stereocenters. The number of nitrogens with two attached hydrogens (primary N) is 1. The Morgan fingerprint density at radius 1 is 1.45 bits per heavy atom. The maximum Gasteiger partial charge on any atom is 0.321 e. The molecule has 22 heavy (non-hydrogen) atoms. The van der Waals surface area contributed by atoms with Crippen LogP contribution in [0.2, 0.25) is 0 Å². The first-order valence-corrected chi connectivity index (χ1v) is 7.59. The van der Waals surface area contributed by atoms with E-state index in [2.05, 4.69) is 12.1 Å². The fourth-order valence-corrected chi connectivity index (χ4v) is 2.51. The van der Waals surface area contributed by atoms with E-state index < -0.39 is 11.9 Å². The van der Waals surface area contributed by atoms with Crippen LogP contribution in [0.3, 0.4) is 0 Å². The van der Waals surface area contributed by atoms with Gasteiger partial charge in [-0.05, 0) is 6.42 Å². The van der Waals surface area contributed by atoms with Crippen molar-refractivity contribution in [2.24, 2.45) is 10.9 Å². The van der Waals surface area contributed by atoms with Gasteiger partial charge in [0.25, 0.3) is 0 Å². The second-order valence-electron chi connectivity index (χ2n) is 5.29. The first-order valence-electron chi connectivity index (χ1n) is 7.59. The van der Waals surface area contributed by atoms with Crippen molar-refractivity contribution in [2.45, 2.75) is 38.6 Å². The Bertz CT molecular complexity index is 414. The quantitative estimate of drug-likeness (QED) is 0.491. The summed E-state index contributed by atoms with van der Waals surface area (Å²) in [6.45, 7) is 2.96. The number of urea groups is 1. The van der Waals surface area contributed by atoms with Crippen LogP contribution in [-0.4, -0.2) is 71.9 Å². The van der Waals surface area contributed by atoms with E-state index in [0.29, 0.717) is 12.3 Å². The van der Waals surface area contributed by atoms with Crippen molar-refractivity contribution in [1.29, 1.82) is 0 Å². The van der Waals surface area contributed by atoms with Crippen molar-refractivity contribution in [2.75, 3.05) is 33.4 Å². The molecule has 1 heterocycles. The number of unbranched alkanes of at least 4 members (excludes halogenated alkanes) is 2. The van der Waals surface area contributed by atoms with Gasteiger partial charge in [-0.3, -0.25) is 4.79 Å². The molecule has 1 rings (SSSR count). The summed E-state index contributed by atoms with van der Waals surface area (Å²) in [5.41, 5.74) is 5.99. The summed E-state index contributed by atoms with van der Waals surface area (Å²) in [5, 5.41) is 13.0. The van der Waals surface area contributed by atoms with E-state index in [-0.39, 0.29) is 32.1 Å². The monoisotopic (exact) mass is 314 g/mol. The molecule has 0 aromatic carbocycles. The van der Waals surface area contributed by atoms with E-state index in [1.165, 1.54) is 12.0 Å². The minimum atomic E-state index is -0.714. The van der Waals surface area contributed by atoms with E-state index in [1.807, 2.05) is 0 Å². The fourth-order valence-electron chi connectivity index (χ4n) is 2.51. The molecule has 3 amide bonds. The molecule has 0 radical (unpaired) electrons. The summed E-state index contributed by atoms with van der Waals surface area (Å²) < 4.78 is 0. The predicted molar refractivity (Wildman–Crippen MR) is 82.3 cm³/mol. The smallest absolute Gasteiger partial charge is 0.321 e. The second-order valence-corrected chi connectivity index (χ2v) is 5.29. The number of primary amides is 1. The molecular formula is C14H26N4O4. The number of carbonyl (C=O) groups excluding carboxylic acids is 2. The number of aliphatic hydroxyl groups is 1. The molecule has 8 heteroatoms. The Kier molecular flexibility index (Phi) is 7.65. The zero-order valence-electron chi connectivity index (χ0n) is 13.3. The maximum atomic E-state index is 12.6. The third-order valence-electron chi connectivity index (χ3n) is 3.62. The van der Waals surface area contributed by atoms with Crippen LogP contribution in [-0.2, 0) is 9.63 Å². The first kappa shape index (κ1) is 18.2. The van der Waals surface area contributed by atoms with Gasteiger partial charge in [0.2, 0.25) is 5.91 Å². The third kappa shape index (κ3) is 4.87. The van der Waals surface area contributed by atoms with Crippen LogP contribution in [0.1, 0.15) is 32.6 Å². The number of carbonyl (C=O) groups is 2. The summed E-state index contributed by atoms with van der Waals surface area (Å²) in [6.07, 6.45) is 3.19. The number of aliphatic hydroxyl groups excluding tert-OH is 1. The van der Waals surface area contributed by atoms with Gasteiger partial charge in [-0.15, -0.1) is 0 Å². The zero-order valence-corrected chi connectivity index (χ0v) is 13.3. The number of hydrogen-bond donors (Lipinski definition) is 2. The highest BCUT2D eigenvalue weighted by Gasteiger charge is 2.38. The van der Waals surface area contributed by atoms with Crippen LogP contribution in [0.5, 0.6) is 0 Å². The Balaban J connectivity index is 2.80. The van der Waals surface area contributed by atoms with Crippen molar-refractivity contribution in [1.82, 2.24) is 9.80 Å². The molecule has 0 aromatic rings. The Morgan fingerprint density at radius 2 is 2.18 bits per heavy atom. The maximum absolute atomic E-state index is 12.6. The Labute approximate surface area is 130 Å². The van der Waals surface area contributed by atoms with Crippen molar-refractivity contribution in [3.05, 3.63) is 0 Å². The van der Waals surface area contributed by atoms with Crippen LogP contribution in [0.4, 0.5) is 4.79 Å². The molecule has 0 spiro atoms. The molecule has 1 saturated heterocycles. The molecule has 0 aliphatic carbocycles. The minimum absolute atomic E-state index is 0.119. The molecule has 1 atom stereocenters. The molecule has 8 nitrogen and oxygen atoms in total. The van der Waals surface area contributed by atoms with E-state index in [9.17, 15) is 9.59 Å². The van der Waals surface area contributed by atoms with Gasteiger partial charge in [0.1, 0.15) is 13.2 Å². The fraction of sp³-hybridized carbons (Fsp3) is 0.786. The zero-order chi connectivity index (χ0) is 16.5. The first-order chi connectivity index (χ1) is 10.5. The van der Waals surface area contributed by atoms with Gasteiger partial charge in [-0.1, -0.05) is 24.9 Å². The highest BCUT2D eigenvalue weighted by atomic mass is 16.6. The topological polar surface area (TPSA) is 108 Å². The number of oxime groups is 1. The van der Waals surface area contributed by atoms with Crippen LogP contribution in [0.15, 0.2) is 5.16 Å². The summed E-state index contributed by atoms with van der Waals surface area (Å²) in [5.74, 6) is -0.563. The molecule has 1 aliphatic heterocycles. The summed E-state index contributed by atoms with van der Waals surface area (Å²) in [6, 6.07) is -1.01. The van der Waals surface area contributed by atoms with E-state index in [4.69, 9.17) is 15.7 Å². The van der Waals surface area contributed by atoms with Gasteiger partial charge in [0, 0.05) is 19.5 Å². The van der Waals surface area contributed by atoms with Gasteiger partial charge in [-0.25, -0.2) is 4.79 Å². The van der Waals surface area contributed by atoms with Crippen molar-refractivity contribution >= 4 is 17.6 Å². The Hall–Kier alpha value is -1.83. The molecule has 3 N–H and O–H groups in total. The third-order valence-corrected chi connectivity index (χ3v) is 3.62. The highest BCUT2D eigenvalue weighted by Crippen LogP contribution is 2.18. The molecule has 1 aliphatic rings. The number of amides is 3. The van der Waals surface area contributed by atoms with Crippen molar-refractivity contribution in [3.63, 3.8) is 0 Å². The van der Waals surface area contributed by atoms with Crippen LogP contribution in [0.25, 0.3) is 0 Å². The highest BCUT2D eigenvalue weighted by molar-refractivity contribution is 6.00. The summed E-state index contributed by atoms with van der Waals surface area (Å²) in [7, 11) is 1.42. The van der Waals surface area contributed by atoms with Crippen molar-refractivity contribution < 1.29 is 19.5 Å². The normalized spacial score (nSPS) is 19.5.